The largest absolute Gasteiger partial charge is 0.489 e. The fourth-order valence-electron chi connectivity index (χ4n) is 6.19. The molecule has 10 heteroatoms. The second-order valence-corrected chi connectivity index (χ2v) is 11.9. The maximum absolute atomic E-state index is 14.2. The maximum Gasteiger partial charge on any atom is 0.334 e. The van der Waals surface area contributed by atoms with Crippen molar-refractivity contribution in [1.82, 2.24) is 25.1 Å². The lowest BCUT2D eigenvalue weighted by Crippen LogP contribution is -2.76. The zero-order valence-electron chi connectivity index (χ0n) is 26.6. The molecule has 9 nitrogen and oxygen atoms in total. The van der Waals surface area contributed by atoms with E-state index in [1.807, 2.05) is 84.9 Å². The summed E-state index contributed by atoms with van der Waals surface area (Å²) in [6.45, 7) is 5.00. The molecular formula is C38H38FN5O4. The number of ether oxygens (including phenoxy) is 1. The van der Waals surface area contributed by atoms with Gasteiger partial charge in [-0.25, -0.2) is 19.2 Å². The molecule has 0 aliphatic carbocycles. The normalized spacial score (nSPS) is 18.0. The third-order valence-corrected chi connectivity index (χ3v) is 8.55. The van der Waals surface area contributed by atoms with Crippen LogP contribution in [-0.4, -0.2) is 69.5 Å². The Morgan fingerprint density at radius 3 is 2.17 bits per heavy atom. The molecule has 2 fully saturated rings. The molecule has 0 saturated carbocycles. The van der Waals surface area contributed by atoms with Crippen molar-refractivity contribution < 1.29 is 23.5 Å². The van der Waals surface area contributed by atoms with E-state index < -0.39 is 18.2 Å². The molecule has 6 rings (SSSR count). The van der Waals surface area contributed by atoms with E-state index in [4.69, 9.17) is 4.74 Å². The SMILES string of the molecule is C=CCN1CC(=O)N2[C@@H](Cc3ccc(OCc4ccccc4)cc3)C(=O)N(Cc3ccc(F)cc3)C[C@@H]2N1C(=O)NCc1ccccc1. The minimum absolute atomic E-state index is 0.0805. The lowest BCUT2D eigenvalue weighted by atomic mass is 9.98. The smallest absolute Gasteiger partial charge is 0.334 e. The molecule has 0 bridgehead atoms. The molecule has 0 spiro atoms. The molecule has 1 N–H and O–H groups in total. The summed E-state index contributed by atoms with van der Waals surface area (Å²) in [4.78, 5) is 45.2. The van der Waals surface area contributed by atoms with Gasteiger partial charge in [0, 0.05) is 26.1 Å². The van der Waals surface area contributed by atoms with Gasteiger partial charge in [0.1, 0.15) is 30.4 Å². The number of hydrogen-bond acceptors (Lipinski definition) is 5. The Balaban J connectivity index is 1.27. The Morgan fingerprint density at radius 1 is 0.854 bits per heavy atom. The summed E-state index contributed by atoms with van der Waals surface area (Å²) >= 11 is 0. The monoisotopic (exact) mass is 647 g/mol. The Hall–Kier alpha value is -5.48. The van der Waals surface area contributed by atoms with E-state index in [2.05, 4.69) is 11.9 Å². The van der Waals surface area contributed by atoms with Crippen molar-refractivity contribution in [3.63, 3.8) is 0 Å². The highest BCUT2D eigenvalue weighted by Gasteiger charge is 2.51. The van der Waals surface area contributed by atoms with E-state index in [1.165, 1.54) is 12.1 Å². The number of urea groups is 1. The molecule has 4 amide bonds. The van der Waals surface area contributed by atoms with E-state index in [0.29, 0.717) is 18.9 Å². The van der Waals surface area contributed by atoms with Gasteiger partial charge < -0.3 is 19.9 Å². The van der Waals surface area contributed by atoms with Crippen LogP contribution in [0.5, 0.6) is 5.75 Å². The number of amides is 4. The average molecular weight is 648 g/mol. The number of carbonyl (C=O) groups is 3. The quantitative estimate of drug-likeness (QED) is 0.228. The molecule has 0 unspecified atom stereocenters. The lowest BCUT2D eigenvalue weighted by Gasteiger charge is -2.55. The standard InChI is InChI=1S/C38H38FN5O4/c1-2-21-42-26-36(45)43-34(22-28-15-19-33(20-16-28)48-27-31-11-7-4-8-12-31)37(46)41(24-30-13-17-32(39)18-14-30)25-35(43)44(42)38(47)40-23-29-9-5-3-6-10-29/h2-20,34-35H,1,21-27H2,(H,40,47)/t34-,35-/m0/s1. The number of fused-ring (bicyclic) bond motifs is 1. The summed E-state index contributed by atoms with van der Waals surface area (Å²) < 4.78 is 19.7. The van der Waals surface area contributed by atoms with Gasteiger partial charge in [0.15, 0.2) is 0 Å². The van der Waals surface area contributed by atoms with Crippen molar-refractivity contribution in [3.05, 3.63) is 150 Å². The van der Waals surface area contributed by atoms with Crippen LogP contribution < -0.4 is 10.1 Å². The number of hydrogen-bond donors (Lipinski definition) is 1. The third kappa shape index (κ3) is 7.56. The fraction of sp³-hybridized carbons (Fsp3) is 0.237. The average Bonchev–Trinajstić information content (AvgIpc) is 3.10. The Bertz CT molecular complexity index is 1720. The topological polar surface area (TPSA) is 85.4 Å². The van der Waals surface area contributed by atoms with Crippen LogP contribution in [0.2, 0.25) is 0 Å². The van der Waals surface area contributed by atoms with Crippen LogP contribution in [0, 0.1) is 5.82 Å². The van der Waals surface area contributed by atoms with E-state index in [9.17, 15) is 18.8 Å². The summed E-state index contributed by atoms with van der Waals surface area (Å²) in [5, 5.41) is 6.21. The zero-order chi connectivity index (χ0) is 33.5. The van der Waals surface area contributed by atoms with Crippen molar-refractivity contribution >= 4 is 17.8 Å². The van der Waals surface area contributed by atoms with Crippen molar-refractivity contribution in [2.45, 2.75) is 38.3 Å². The first-order valence-electron chi connectivity index (χ1n) is 16.0. The highest BCUT2D eigenvalue weighted by molar-refractivity contribution is 5.91. The molecule has 4 aromatic rings. The summed E-state index contributed by atoms with van der Waals surface area (Å²) in [5.74, 6) is -0.182. The highest BCUT2D eigenvalue weighted by Crippen LogP contribution is 2.30. The van der Waals surface area contributed by atoms with Crippen LogP contribution in [0.1, 0.15) is 22.3 Å². The number of hydrazine groups is 1. The van der Waals surface area contributed by atoms with Gasteiger partial charge in [-0.2, -0.15) is 0 Å². The summed E-state index contributed by atoms with van der Waals surface area (Å²) in [5.41, 5.74) is 3.55. The molecule has 246 valence electrons. The van der Waals surface area contributed by atoms with Crippen LogP contribution in [0.25, 0.3) is 0 Å². The Morgan fingerprint density at radius 2 is 1.50 bits per heavy atom. The fourth-order valence-corrected chi connectivity index (χ4v) is 6.19. The first kappa shape index (κ1) is 32.5. The first-order valence-corrected chi connectivity index (χ1v) is 16.0. The molecular weight excluding hydrogens is 609 g/mol. The van der Waals surface area contributed by atoms with Crippen molar-refractivity contribution in [1.29, 1.82) is 0 Å². The second-order valence-electron chi connectivity index (χ2n) is 11.9. The van der Waals surface area contributed by atoms with Crippen LogP contribution in [0.4, 0.5) is 9.18 Å². The number of nitrogens with one attached hydrogen (secondary N) is 1. The predicted octanol–water partition coefficient (Wildman–Crippen LogP) is 5.14. The van der Waals surface area contributed by atoms with Crippen LogP contribution in [0.15, 0.2) is 122 Å². The molecule has 4 aromatic carbocycles. The van der Waals surface area contributed by atoms with Gasteiger partial charge in [0.05, 0.1) is 13.1 Å². The maximum atomic E-state index is 14.2. The van der Waals surface area contributed by atoms with Crippen LogP contribution >= 0.6 is 0 Å². The molecule has 0 aromatic heterocycles. The van der Waals surface area contributed by atoms with Gasteiger partial charge in [0.25, 0.3) is 0 Å². The van der Waals surface area contributed by atoms with Gasteiger partial charge in [-0.3, -0.25) is 9.59 Å². The van der Waals surface area contributed by atoms with Gasteiger partial charge in [-0.15, -0.1) is 6.58 Å². The third-order valence-electron chi connectivity index (χ3n) is 8.55. The van der Waals surface area contributed by atoms with Gasteiger partial charge in [-0.1, -0.05) is 91.0 Å². The zero-order valence-corrected chi connectivity index (χ0v) is 26.6. The molecule has 2 saturated heterocycles. The van der Waals surface area contributed by atoms with E-state index in [1.54, 1.807) is 38.0 Å². The van der Waals surface area contributed by atoms with Crippen molar-refractivity contribution in [2.75, 3.05) is 19.6 Å². The van der Waals surface area contributed by atoms with E-state index in [0.717, 1.165) is 22.3 Å². The van der Waals surface area contributed by atoms with Gasteiger partial charge >= 0.3 is 6.03 Å². The first-order chi connectivity index (χ1) is 23.4. The Kier molecular flexibility index (Phi) is 10.1. The number of carbonyl (C=O) groups excluding carboxylic acids is 3. The molecule has 2 aliphatic heterocycles. The molecule has 2 heterocycles. The molecule has 2 atom stereocenters. The molecule has 48 heavy (non-hydrogen) atoms. The number of piperazine rings is 1. The van der Waals surface area contributed by atoms with Gasteiger partial charge in [0.2, 0.25) is 11.8 Å². The highest BCUT2D eigenvalue weighted by atomic mass is 19.1. The summed E-state index contributed by atoms with van der Waals surface area (Å²) in [6.07, 6.45) is 1.10. The minimum atomic E-state index is -0.872. The molecule has 2 aliphatic rings. The summed E-state index contributed by atoms with van der Waals surface area (Å²) in [7, 11) is 0. The minimum Gasteiger partial charge on any atom is -0.489 e. The predicted molar refractivity (Wildman–Crippen MR) is 179 cm³/mol. The van der Waals surface area contributed by atoms with Crippen molar-refractivity contribution in [2.24, 2.45) is 0 Å². The lowest BCUT2D eigenvalue weighted by molar-refractivity contribution is -0.189. The Labute approximate surface area is 279 Å². The van der Waals surface area contributed by atoms with Crippen molar-refractivity contribution in [3.8, 4) is 5.75 Å². The summed E-state index contributed by atoms with van der Waals surface area (Å²) in [6, 6.07) is 31.6. The number of nitrogens with zero attached hydrogens (tertiary/aromatic N) is 4. The van der Waals surface area contributed by atoms with Gasteiger partial charge in [-0.05, 0) is 46.5 Å². The van der Waals surface area contributed by atoms with Crippen LogP contribution in [-0.2, 0) is 35.7 Å². The van der Waals surface area contributed by atoms with E-state index >= 15 is 0 Å². The second kappa shape index (κ2) is 15.0. The number of benzene rings is 4. The van der Waals surface area contributed by atoms with E-state index in [-0.39, 0.29) is 50.2 Å². The molecule has 0 radical (unpaired) electrons. The number of halogens is 1. The van der Waals surface area contributed by atoms with Crippen LogP contribution in [0.3, 0.4) is 0 Å². The number of rotatable bonds is 11.